The maximum Gasteiger partial charge on any atom is 0.252 e. The van der Waals surface area contributed by atoms with E-state index in [4.69, 9.17) is 4.42 Å². The van der Waals surface area contributed by atoms with Gasteiger partial charge in [-0.25, -0.2) is 0 Å². The minimum Gasteiger partial charge on any atom is -0.456 e. The van der Waals surface area contributed by atoms with Crippen molar-refractivity contribution >= 4 is 101 Å². The molecule has 0 amide bonds. The molecule has 0 bridgehead atoms. The Morgan fingerprint density at radius 1 is 0.333 bits per heavy atom. The molecule has 0 spiro atoms. The van der Waals surface area contributed by atoms with Gasteiger partial charge in [-0.05, 0) is 205 Å². The number of fused-ring (bicyclic) bond motifs is 12. The summed E-state index contributed by atoms with van der Waals surface area (Å²) in [6.07, 6.45) is 4.61. The third-order valence-corrected chi connectivity index (χ3v) is 19.9. The molecule has 4 aliphatic rings. The minimum absolute atomic E-state index is 0.00146. The Hall–Kier alpha value is -8.54. The summed E-state index contributed by atoms with van der Waals surface area (Å²) in [4.78, 5) is 5.29. The zero-order valence-corrected chi connectivity index (χ0v) is 47.8. The predicted molar refractivity (Wildman–Crippen MR) is 344 cm³/mol. The van der Waals surface area contributed by atoms with E-state index >= 15 is 0 Å². The highest BCUT2D eigenvalue weighted by Crippen LogP contribution is 2.54. The summed E-state index contributed by atoms with van der Waals surface area (Å²) in [5.74, 6) is 0. The summed E-state index contributed by atoms with van der Waals surface area (Å²) in [5.41, 5.74) is 27.4. The number of anilines is 6. The molecule has 4 nitrogen and oxygen atoms in total. The highest BCUT2D eigenvalue weighted by atomic mass is 16.3. The van der Waals surface area contributed by atoms with Gasteiger partial charge in [0.05, 0.1) is 11.0 Å². The van der Waals surface area contributed by atoms with Gasteiger partial charge in [0, 0.05) is 61.4 Å². The van der Waals surface area contributed by atoms with Gasteiger partial charge >= 0.3 is 0 Å². The normalized spacial score (nSPS) is 17.0. The molecule has 2 aromatic heterocycles. The average molecular weight is 1050 g/mol. The molecule has 394 valence electrons. The molecular formula is C76H66BN3O. The standard InChI is InChI=1S/C76H66BN3O/c1-73(2)35-36-74(3,4)59-44-53(30-31-58(59)73)80-67-46-61-60(75(5,6)37-38-76(61,7)8)45-63(67)77-62-32-27-49(47-28-33-65-56(39-47)54-23-15-17-25-64(54)78(65)51-19-11-9-12-20-51)41-66(62)79(52-21-13-10-14-22-52)68-42-50(43-69(80)72(68)77)48-29-34-71-57(40-48)55-24-16-18-26-70(55)81-71/h9-34,39-46H,35-38H2,1-8H3. The van der Waals surface area contributed by atoms with Gasteiger partial charge < -0.3 is 18.8 Å². The fraction of sp³-hybridized carbons (Fsp3) is 0.211. The van der Waals surface area contributed by atoms with E-state index in [-0.39, 0.29) is 28.4 Å². The smallest absolute Gasteiger partial charge is 0.252 e. The van der Waals surface area contributed by atoms with Crippen LogP contribution in [0.15, 0.2) is 211 Å². The van der Waals surface area contributed by atoms with Gasteiger partial charge in [0.25, 0.3) is 6.71 Å². The van der Waals surface area contributed by atoms with Crippen molar-refractivity contribution in [3.63, 3.8) is 0 Å². The number of aromatic nitrogens is 1. The van der Waals surface area contributed by atoms with Crippen LogP contribution < -0.4 is 26.2 Å². The van der Waals surface area contributed by atoms with Crippen LogP contribution in [0.25, 0.3) is 71.7 Å². The first kappa shape index (κ1) is 48.4. The van der Waals surface area contributed by atoms with E-state index < -0.39 is 0 Å². The average Bonchev–Trinajstić information content (AvgIpc) is 2.19. The molecule has 0 saturated carbocycles. The third-order valence-electron chi connectivity index (χ3n) is 19.9. The Balaban J connectivity index is 0.995. The van der Waals surface area contributed by atoms with Crippen LogP contribution in [0.4, 0.5) is 34.1 Å². The summed E-state index contributed by atoms with van der Waals surface area (Å²) < 4.78 is 8.89. The van der Waals surface area contributed by atoms with E-state index in [0.29, 0.717) is 0 Å². The molecule has 0 radical (unpaired) electrons. The fourth-order valence-corrected chi connectivity index (χ4v) is 15.2. The molecule has 0 fully saturated rings. The van der Waals surface area contributed by atoms with Crippen LogP contribution in [0.3, 0.4) is 0 Å². The van der Waals surface area contributed by atoms with E-state index in [1.807, 2.05) is 0 Å². The number of hydrogen-bond acceptors (Lipinski definition) is 3. The lowest BCUT2D eigenvalue weighted by atomic mass is 9.33. The predicted octanol–water partition coefficient (Wildman–Crippen LogP) is 18.8. The van der Waals surface area contributed by atoms with E-state index in [1.54, 1.807) is 0 Å². The van der Waals surface area contributed by atoms with Gasteiger partial charge in [-0.1, -0.05) is 165 Å². The molecule has 0 atom stereocenters. The highest BCUT2D eigenvalue weighted by molar-refractivity contribution is 7.00. The molecule has 2 aliphatic carbocycles. The Morgan fingerprint density at radius 3 is 1.57 bits per heavy atom. The molecule has 0 saturated heterocycles. The van der Waals surface area contributed by atoms with Crippen LogP contribution >= 0.6 is 0 Å². The van der Waals surface area contributed by atoms with Gasteiger partial charge in [-0.15, -0.1) is 0 Å². The van der Waals surface area contributed by atoms with Crippen molar-refractivity contribution in [2.75, 3.05) is 9.80 Å². The second-order valence-corrected chi connectivity index (χ2v) is 26.6. The van der Waals surface area contributed by atoms with E-state index in [9.17, 15) is 0 Å². The second-order valence-electron chi connectivity index (χ2n) is 26.6. The van der Waals surface area contributed by atoms with Gasteiger partial charge in [0.1, 0.15) is 11.2 Å². The molecule has 4 heterocycles. The molecule has 81 heavy (non-hydrogen) atoms. The summed E-state index contributed by atoms with van der Waals surface area (Å²) in [5, 5.41) is 4.76. The van der Waals surface area contributed by atoms with Gasteiger partial charge in [-0.3, -0.25) is 0 Å². The van der Waals surface area contributed by atoms with E-state index in [0.717, 1.165) is 58.1 Å². The molecule has 5 heteroatoms. The third kappa shape index (κ3) is 7.16. The van der Waals surface area contributed by atoms with Crippen molar-refractivity contribution < 1.29 is 4.42 Å². The van der Waals surface area contributed by atoms with Crippen LogP contribution in [-0.4, -0.2) is 11.3 Å². The number of benzene rings is 10. The monoisotopic (exact) mass is 1050 g/mol. The molecule has 12 aromatic rings. The number of furan rings is 1. The van der Waals surface area contributed by atoms with Crippen LogP contribution in [-0.2, 0) is 21.7 Å². The zero-order chi connectivity index (χ0) is 54.9. The highest BCUT2D eigenvalue weighted by Gasteiger charge is 2.47. The second kappa shape index (κ2) is 17.0. The van der Waals surface area contributed by atoms with Crippen molar-refractivity contribution in [3.05, 3.63) is 229 Å². The Labute approximate surface area is 476 Å². The molecule has 10 aromatic carbocycles. The lowest BCUT2D eigenvalue weighted by Crippen LogP contribution is -2.61. The first-order valence-electron chi connectivity index (χ1n) is 29.4. The van der Waals surface area contributed by atoms with Gasteiger partial charge in [-0.2, -0.15) is 0 Å². The quantitative estimate of drug-likeness (QED) is 0.161. The fourth-order valence-electron chi connectivity index (χ4n) is 15.2. The molecular weight excluding hydrogens is 982 g/mol. The SMILES string of the molecule is CC1(C)CCC(C)(C)c2cc(N3c4cc5c(cc4B4c6ccc(-c7ccc8c(c7)c7ccccc7n8-c7ccccc7)cc6N(c6ccccc6)c6cc(-c7ccc8oc9ccccc9c8c7)cc3c64)C(C)(C)CCC5(C)C)ccc21. The van der Waals surface area contributed by atoms with Crippen molar-refractivity contribution in [3.8, 4) is 27.9 Å². The number of hydrogen-bond donors (Lipinski definition) is 0. The van der Waals surface area contributed by atoms with Crippen LogP contribution in [0.5, 0.6) is 0 Å². The molecule has 2 aliphatic heterocycles. The number of para-hydroxylation sites is 4. The lowest BCUT2D eigenvalue weighted by molar-refractivity contribution is 0.332. The molecule has 0 unspecified atom stereocenters. The first-order valence-corrected chi connectivity index (χ1v) is 29.4. The summed E-state index contributed by atoms with van der Waals surface area (Å²) >= 11 is 0. The number of rotatable bonds is 5. The van der Waals surface area contributed by atoms with Crippen molar-refractivity contribution in [2.24, 2.45) is 0 Å². The van der Waals surface area contributed by atoms with Crippen LogP contribution in [0.2, 0.25) is 0 Å². The summed E-state index contributed by atoms with van der Waals surface area (Å²) in [6, 6.07) is 78.5. The molecule has 16 rings (SSSR count). The van der Waals surface area contributed by atoms with Crippen molar-refractivity contribution in [2.45, 2.75) is 103 Å². The molecule has 0 N–H and O–H groups in total. The van der Waals surface area contributed by atoms with E-state index in [1.165, 1.54) is 112 Å². The Bertz CT molecular complexity index is 4610. The maximum atomic E-state index is 6.48. The van der Waals surface area contributed by atoms with Crippen molar-refractivity contribution in [1.29, 1.82) is 0 Å². The maximum absolute atomic E-state index is 6.48. The van der Waals surface area contributed by atoms with Gasteiger partial charge in [0.2, 0.25) is 0 Å². The first-order chi connectivity index (χ1) is 39.1. The van der Waals surface area contributed by atoms with E-state index in [2.05, 4.69) is 276 Å². The number of nitrogens with zero attached hydrogens (tertiary/aromatic N) is 3. The summed E-state index contributed by atoms with van der Waals surface area (Å²) in [6.45, 7) is 19.7. The van der Waals surface area contributed by atoms with Gasteiger partial charge in [0.15, 0.2) is 0 Å². The lowest BCUT2D eigenvalue weighted by Gasteiger charge is -2.48. The summed E-state index contributed by atoms with van der Waals surface area (Å²) in [7, 11) is 0. The largest absolute Gasteiger partial charge is 0.456 e. The van der Waals surface area contributed by atoms with Crippen molar-refractivity contribution in [1.82, 2.24) is 4.57 Å². The van der Waals surface area contributed by atoms with Crippen LogP contribution in [0.1, 0.15) is 103 Å². The zero-order valence-electron chi connectivity index (χ0n) is 47.8. The van der Waals surface area contributed by atoms with Crippen LogP contribution in [0, 0.1) is 0 Å². The Morgan fingerprint density at radius 2 is 0.840 bits per heavy atom. The Kier molecular flexibility index (Phi) is 10.2. The minimum atomic E-state index is -0.0509. The topological polar surface area (TPSA) is 24.6 Å².